The lowest BCUT2D eigenvalue weighted by Crippen LogP contribution is -2.31. The summed E-state index contributed by atoms with van der Waals surface area (Å²) in [7, 11) is -2.44. The molecule has 2 unspecified atom stereocenters. The van der Waals surface area contributed by atoms with Crippen LogP contribution in [0.25, 0.3) is 5.82 Å². The van der Waals surface area contributed by atoms with Crippen LogP contribution >= 0.6 is 0 Å². The van der Waals surface area contributed by atoms with Crippen LogP contribution in [-0.2, 0) is 17.1 Å². The molecule has 5 rings (SSSR count). The minimum Gasteiger partial charge on any atom is -0.473 e. The van der Waals surface area contributed by atoms with Crippen LogP contribution in [0.15, 0.2) is 35.5 Å². The molecule has 2 saturated carbocycles. The first-order chi connectivity index (χ1) is 15.7. The smallest absolute Gasteiger partial charge is 0.267 e. The van der Waals surface area contributed by atoms with Crippen molar-refractivity contribution >= 4 is 15.9 Å². The highest BCUT2D eigenvalue weighted by Crippen LogP contribution is 2.45. The van der Waals surface area contributed by atoms with Crippen LogP contribution in [0.2, 0.25) is 0 Å². The van der Waals surface area contributed by atoms with Crippen LogP contribution in [-0.4, -0.2) is 45.0 Å². The first-order valence-corrected chi connectivity index (χ1v) is 12.5. The van der Waals surface area contributed by atoms with Gasteiger partial charge < -0.3 is 4.74 Å². The quantitative estimate of drug-likeness (QED) is 0.587. The van der Waals surface area contributed by atoms with Crippen molar-refractivity contribution < 1.29 is 17.9 Å². The zero-order chi connectivity index (χ0) is 23.3. The Hall–Kier alpha value is -3.21. The number of aromatic nitrogens is 5. The van der Waals surface area contributed by atoms with E-state index < -0.39 is 15.9 Å². The molecule has 174 valence electrons. The lowest BCUT2D eigenvalue weighted by molar-refractivity contribution is 0.0980. The summed E-state index contributed by atoms with van der Waals surface area (Å²) in [5.74, 6) is 1.74. The van der Waals surface area contributed by atoms with Gasteiger partial charge in [-0.1, -0.05) is 0 Å². The SMILES string of the molecule is Cc1nc(-n2ccc(O[C@H]3CC4CCC3C4)n2)ccc1C(=O)NS(=O)(=O)c1cn(C)nc1C. The number of nitrogens with zero attached hydrogens (tertiary/aromatic N) is 5. The maximum atomic E-state index is 12.7. The molecular weight excluding hydrogens is 444 g/mol. The Balaban J connectivity index is 1.30. The van der Waals surface area contributed by atoms with Gasteiger partial charge in [0.25, 0.3) is 15.9 Å². The summed E-state index contributed by atoms with van der Waals surface area (Å²) in [4.78, 5) is 17.1. The fraction of sp³-hybridized carbons (Fsp3) is 0.455. The van der Waals surface area contributed by atoms with Gasteiger partial charge >= 0.3 is 0 Å². The Morgan fingerprint density at radius 3 is 2.58 bits per heavy atom. The number of pyridine rings is 1. The lowest BCUT2D eigenvalue weighted by atomic mass is 9.98. The average Bonchev–Trinajstić information content (AvgIpc) is 3.53. The highest BCUT2D eigenvalue weighted by molar-refractivity contribution is 7.90. The normalized spacial score (nSPS) is 22.0. The maximum absolute atomic E-state index is 12.7. The van der Waals surface area contributed by atoms with Crippen molar-refractivity contribution in [1.29, 1.82) is 0 Å². The fourth-order valence-electron chi connectivity index (χ4n) is 4.97. The number of hydrogen-bond acceptors (Lipinski definition) is 7. The fourth-order valence-corrected chi connectivity index (χ4v) is 6.16. The maximum Gasteiger partial charge on any atom is 0.267 e. The third-order valence-corrected chi connectivity index (χ3v) is 7.98. The molecule has 2 aliphatic carbocycles. The van der Waals surface area contributed by atoms with E-state index >= 15 is 0 Å². The van der Waals surface area contributed by atoms with Gasteiger partial charge in [-0.3, -0.25) is 9.48 Å². The number of carbonyl (C=O) groups is 1. The van der Waals surface area contributed by atoms with Crippen LogP contribution in [0, 0.1) is 25.7 Å². The predicted molar refractivity (Wildman–Crippen MR) is 119 cm³/mol. The van der Waals surface area contributed by atoms with E-state index in [9.17, 15) is 13.2 Å². The van der Waals surface area contributed by atoms with E-state index in [0.29, 0.717) is 29.0 Å². The van der Waals surface area contributed by atoms with Crippen LogP contribution in [0.1, 0.15) is 47.4 Å². The molecule has 33 heavy (non-hydrogen) atoms. The number of nitrogens with one attached hydrogen (secondary N) is 1. The van der Waals surface area contributed by atoms with E-state index in [0.717, 1.165) is 12.3 Å². The van der Waals surface area contributed by atoms with Gasteiger partial charge in [0.05, 0.1) is 17.0 Å². The Morgan fingerprint density at radius 2 is 1.94 bits per heavy atom. The molecule has 3 heterocycles. The number of fused-ring (bicyclic) bond motifs is 2. The van der Waals surface area contributed by atoms with Gasteiger partial charge in [-0.05, 0) is 63.5 Å². The number of amides is 1. The predicted octanol–water partition coefficient (Wildman–Crippen LogP) is 2.30. The molecule has 1 N–H and O–H groups in total. The molecule has 0 radical (unpaired) electrons. The van der Waals surface area contributed by atoms with Gasteiger partial charge in [0, 0.05) is 25.5 Å². The second-order valence-electron chi connectivity index (χ2n) is 8.92. The Labute approximate surface area is 192 Å². The summed E-state index contributed by atoms with van der Waals surface area (Å²) < 4.78 is 36.4. The summed E-state index contributed by atoms with van der Waals surface area (Å²) >= 11 is 0. The zero-order valence-electron chi connectivity index (χ0n) is 18.7. The Morgan fingerprint density at radius 1 is 1.12 bits per heavy atom. The molecule has 0 spiro atoms. The third kappa shape index (κ3) is 4.12. The molecule has 1 amide bonds. The number of sulfonamides is 1. The van der Waals surface area contributed by atoms with Crippen LogP contribution < -0.4 is 9.46 Å². The van der Waals surface area contributed by atoms with Crippen molar-refractivity contribution in [3.05, 3.63) is 47.5 Å². The molecule has 2 aliphatic rings. The Bertz CT molecular complexity index is 1330. The molecule has 2 bridgehead atoms. The van der Waals surface area contributed by atoms with Gasteiger partial charge in [0.1, 0.15) is 11.0 Å². The van der Waals surface area contributed by atoms with E-state index in [1.165, 1.54) is 36.2 Å². The minimum atomic E-state index is -4.05. The number of rotatable bonds is 6. The van der Waals surface area contributed by atoms with E-state index in [-0.39, 0.29) is 16.6 Å². The second kappa shape index (κ2) is 7.98. The summed E-state index contributed by atoms with van der Waals surface area (Å²) in [5, 5.41) is 8.50. The number of carbonyl (C=O) groups excluding carboxylic acids is 1. The number of aryl methyl sites for hydroxylation is 3. The lowest BCUT2D eigenvalue weighted by Gasteiger charge is -2.21. The highest BCUT2D eigenvalue weighted by Gasteiger charge is 2.41. The summed E-state index contributed by atoms with van der Waals surface area (Å²) in [6.45, 7) is 3.22. The largest absolute Gasteiger partial charge is 0.473 e. The van der Waals surface area contributed by atoms with Crippen molar-refractivity contribution in [3.8, 4) is 11.7 Å². The minimum absolute atomic E-state index is 0.0415. The topological polar surface area (TPSA) is 121 Å². The van der Waals surface area contributed by atoms with Gasteiger partial charge in [-0.15, -0.1) is 5.10 Å². The van der Waals surface area contributed by atoms with E-state index in [1.54, 1.807) is 37.8 Å². The first-order valence-electron chi connectivity index (χ1n) is 11.0. The van der Waals surface area contributed by atoms with Crippen molar-refractivity contribution in [1.82, 2.24) is 29.3 Å². The molecule has 2 fully saturated rings. The van der Waals surface area contributed by atoms with Crippen molar-refractivity contribution in [2.75, 3.05) is 0 Å². The van der Waals surface area contributed by atoms with Crippen LogP contribution in [0.5, 0.6) is 5.88 Å². The number of ether oxygens (including phenoxy) is 1. The zero-order valence-corrected chi connectivity index (χ0v) is 19.5. The average molecular weight is 471 g/mol. The first kappa shape index (κ1) is 21.6. The van der Waals surface area contributed by atoms with Gasteiger partial charge in [-0.2, -0.15) is 5.10 Å². The molecule has 3 aromatic rings. The molecule has 10 nitrogen and oxygen atoms in total. The van der Waals surface area contributed by atoms with Gasteiger partial charge in [-0.25, -0.2) is 22.8 Å². The molecule has 3 aromatic heterocycles. The highest BCUT2D eigenvalue weighted by atomic mass is 32.2. The molecule has 11 heteroatoms. The second-order valence-corrected chi connectivity index (χ2v) is 10.6. The van der Waals surface area contributed by atoms with Crippen LogP contribution in [0.4, 0.5) is 0 Å². The van der Waals surface area contributed by atoms with Gasteiger partial charge in [0.2, 0.25) is 5.88 Å². The summed E-state index contributed by atoms with van der Waals surface area (Å²) in [6.07, 6.45) is 8.25. The standard InChI is InChI=1S/C22H26N6O4S/c1-13-17(22(29)26-33(30,31)19-12-27(3)24-14(19)2)6-7-20(23-13)28-9-8-21(25-28)32-18-11-15-4-5-16(18)10-15/h6-9,12,15-16,18H,4-5,10-11H2,1-3H3,(H,26,29)/t15?,16?,18-/m0/s1. The molecule has 0 aromatic carbocycles. The molecule has 0 saturated heterocycles. The molecular formula is C22H26N6O4S. The van der Waals surface area contributed by atoms with Crippen molar-refractivity contribution in [2.45, 2.75) is 50.5 Å². The summed E-state index contributed by atoms with van der Waals surface area (Å²) in [5.41, 5.74) is 0.855. The summed E-state index contributed by atoms with van der Waals surface area (Å²) in [6, 6.07) is 4.97. The number of hydrogen-bond donors (Lipinski definition) is 1. The van der Waals surface area contributed by atoms with Crippen LogP contribution in [0.3, 0.4) is 0 Å². The van der Waals surface area contributed by atoms with Crippen molar-refractivity contribution in [2.24, 2.45) is 18.9 Å². The third-order valence-electron chi connectivity index (χ3n) is 6.55. The van der Waals surface area contributed by atoms with E-state index in [1.807, 2.05) is 6.07 Å². The monoisotopic (exact) mass is 470 g/mol. The Kier molecular flexibility index (Phi) is 5.23. The molecule has 0 aliphatic heterocycles. The van der Waals surface area contributed by atoms with E-state index in [4.69, 9.17) is 4.74 Å². The van der Waals surface area contributed by atoms with Gasteiger partial charge in [0.15, 0.2) is 5.82 Å². The molecule has 3 atom stereocenters. The van der Waals surface area contributed by atoms with Crippen molar-refractivity contribution in [3.63, 3.8) is 0 Å². The van der Waals surface area contributed by atoms with E-state index in [2.05, 4.69) is 19.9 Å².